The van der Waals surface area contributed by atoms with Crippen molar-refractivity contribution >= 4 is 25.9 Å². The van der Waals surface area contributed by atoms with Gasteiger partial charge in [0, 0.05) is 0 Å². The molecule has 1 fully saturated rings. The van der Waals surface area contributed by atoms with Crippen LogP contribution < -0.4 is 10.9 Å². The Bertz CT molecular complexity index is 795. The van der Waals surface area contributed by atoms with Crippen molar-refractivity contribution in [2.75, 3.05) is 0 Å². The van der Waals surface area contributed by atoms with Gasteiger partial charge in [0.05, 0.1) is 11.2 Å². The lowest BCUT2D eigenvalue weighted by molar-refractivity contribution is 0.00578. The van der Waals surface area contributed by atoms with Gasteiger partial charge in [0.2, 0.25) is 0 Å². The summed E-state index contributed by atoms with van der Waals surface area (Å²) in [5.74, 6) is 0. The third kappa shape index (κ3) is 2.44. The van der Waals surface area contributed by atoms with E-state index >= 15 is 0 Å². The standard InChI is InChI=1S/C20H24B2O2/c1-19(2)20(3,4)24-22(23-19)16-8-10-18-14(12-16)6-5-13-11-15(21)7-9-17(13)18/h7-12H,5-6,21H2,1-4H3. The Balaban J connectivity index is 1.70. The topological polar surface area (TPSA) is 18.5 Å². The van der Waals surface area contributed by atoms with E-state index in [1.165, 1.54) is 27.7 Å². The second kappa shape index (κ2) is 5.24. The second-order valence-electron chi connectivity index (χ2n) is 8.17. The van der Waals surface area contributed by atoms with E-state index in [9.17, 15) is 0 Å². The van der Waals surface area contributed by atoms with Crippen LogP contribution in [0.1, 0.15) is 38.8 Å². The van der Waals surface area contributed by atoms with Crippen LogP contribution in [0.2, 0.25) is 0 Å². The van der Waals surface area contributed by atoms with Crippen molar-refractivity contribution in [1.29, 1.82) is 0 Å². The molecule has 0 bridgehead atoms. The Hall–Kier alpha value is -1.51. The first-order valence-corrected chi connectivity index (χ1v) is 8.85. The lowest BCUT2D eigenvalue weighted by atomic mass is 9.74. The van der Waals surface area contributed by atoms with Gasteiger partial charge in [-0.15, -0.1) is 0 Å². The molecule has 0 atom stereocenters. The minimum absolute atomic E-state index is 0.278. The quantitative estimate of drug-likeness (QED) is 0.749. The maximum atomic E-state index is 6.20. The molecule has 2 nitrogen and oxygen atoms in total. The number of hydrogen-bond acceptors (Lipinski definition) is 2. The van der Waals surface area contributed by atoms with Crippen LogP contribution in [-0.4, -0.2) is 26.2 Å². The third-order valence-electron chi connectivity index (χ3n) is 5.87. The molecule has 2 aliphatic rings. The van der Waals surface area contributed by atoms with E-state index in [-0.39, 0.29) is 18.3 Å². The molecule has 0 unspecified atom stereocenters. The van der Waals surface area contributed by atoms with Crippen LogP contribution in [0.4, 0.5) is 0 Å². The van der Waals surface area contributed by atoms with Crippen molar-refractivity contribution in [2.24, 2.45) is 0 Å². The Labute approximate surface area is 146 Å². The first-order valence-electron chi connectivity index (χ1n) is 8.85. The summed E-state index contributed by atoms with van der Waals surface area (Å²) in [5.41, 5.74) is 7.48. The molecule has 2 aromatic rings. The Morgan fingerprint density at radius 3 is 2.00 bits per heavy atom. The highest BCUT2D eigenvalue weighted by Crippen LogP contribution is 2.37. The van der Waals surface area contributed by atoms with E-state index in [1.807, 2.05) is 0 Å². The number of rotatable bonds is 1. The molecular formula is C20H24B2O2. The van der Waals surface area contributed by atoms with Crippen molar-refractivity contribution in [3.63, 3.8) is 0 Å². The van der Waals surface area contributed by atoms with Crippen LogP contribution in [0.3, 0.4) is 0 Å². The minimum Gasteiger partial charge on any atom is -0.399 e. The normalized spacial score (nSPS) is 20.6. The van der Waals surface area contributed by atoms with Crippen LogP contribution in [0.15, 0.2) is 36.4 Å². The third-order valence-corrected chi connectivity index (χ3v) is 5.87. The van der Waals surface area contributed by atoms with Crippen LogP contribution in [0, 0.1) is 0 Å². The van der Waals surface area contributed by atoms with Gasteiger partial charge in [-0.05, 0) is 68.3 Å². The molecule has 1 heterocycles. The number of hydrogen-bond donors (Lipinski definition) is 0. The van der Waals surface area contributed by atoms with Crippen molar-refractivity contribution in [1.82, 2.24) is 0 Å². The number of benzene rings is 2. The van der Waals surface area contributed by atoms with E-state index in [1.54, 1.807) is 0 Å². The summed E-state index contributed by atoms with van der Waals surface area (Å²) >= 11 is 0. The smallest absolute Gasteiger partial charge is 0.399 e. The van der Waals surface area contributed by atoms with Crippen LogP contribution in [0.25, 0.3) is 11.1 Å². The lowest BCUT2D eigenvalue weighted by Gasteiger charge is -2.32. The average molecular weight is 318 g/mol. The fraction of sp³-hybridized carbons (Fsp3) is 0.400. The monoisotopic (exact) mass is 318 g/mol. The lowest BCUT2D eigenvalue weighted by Crippen LogP contribution is -2.41. The Morgan fingerprint density at radius 1 is 0.833 bits per heavy atom. The highest BCUT2D eigenvalue weighted by atomic mass is 16.7. The fourth-order valence-corrected chi connectivity index (χ4v) is 3.67. The van der Waals surface area contributed by atoms with Crippen LogP contribution in [0.5, 0.6) is 0 Å². The molecule has 4 rings (SSSR count). The van der Waals surface area contributed by atoms with Gasteiger partial charge in [0.15, 0.2) is 0 Å². The number of fused-ring (bicyclic) bond motifs is 3. The molecule has 0 spiro atoms. The molecular weight excluding hydrogens is 294 g/mol. The molecule has 0 radical (unpaired) electrons. The largest absolute Gasteiger partial charge is 0.494 e. The zero-order chi connectivity index (χ0) is 17.1. The Morgan fingerprint density at radius 2 is 1.38 bits per heavy atom. The molecule has 1 aliphatic carbocycles. The molecule has 24 heavy (non-hydrogen) atoms. The van der Waals surface area contributed by atoms with Crippen molar-refractivity contribution in [2.45, 2.75) is 51.7 Å². The zero-order valence-corrected chi connectivity index (χ0v) is 15.3. The van der Waals surface area contributed by atoms with E-state index in [4.69, 9.17) is 9.31 Å². The predicted molar refractivity (Wildman–Crippen MR) is 103 cm³/mol. The minimum atomic E-state index is -0.294. The molecule has 0 amide bonds. The summed E-state index contributed by atoms with van der Waals surface area (Å²) in [5, 5.41) is 0. The maximum absolute atomic E-state index is 6.20. The first-order chi connectivity index (χ1) is 11.3. The van der Waals surface area contributed by atoms with Gasteiger partial charge in [-0.1, -0.05) is 41.9 Å². The SMILES string of the molecule is Bc1ccc2c(c1)CCc1cc(B3OC(C)(C)C(C)(C)O3)ccc1-2. The summed E-state index contributed by atoms with van der Waals surface area (Å²) in [7, 11) is 1.89. The molecule has 0 aromatic heterocycles. The van der Waals surface area contributed by atoms with Crippen LogP contribution >= 0.6 is 0 Å². The predicted octanol–water partition coefficient (Wildman–Crippen LogP) is 2.01. The molecule has 1 saturated heterocycles. The van der Waals surface area contributed by atoms with Gasteiger partial charge >= 0.3 is 7.12 Å². The second-order valence-corrected chi connectivity index (χ2v) is 8.17. The van der Waals surface area contributed by atoms with Gasteiger partial charge in [-0.25, -0.2) is 0 Å². The van der Waals surface area contributed by atoms with Crippen LogP contribution in [-0.2, 0) is 22.2 Å². The zero-order valence-electron chi connectivity index (χ0n) is 15.3. The van der Waals surface area contributed by atoms with Gasteiger partial charge in [0.1, 0.15) is 7.85 Å². The summed E-state index contributed by atoms with van der Waals surface area (Å²) in [6.45, 7) is 8.40. The highest BCUT2D eigenvalue weighted by Gasteiger charge is 2.51. The Kier molecular flexibility index (Phi) is 3.49. The molecule has 4 heteroatoms. The van der Waals surface area contributed by atoms with E-state index < -0.39 is 0 Å². The maximum Gasteiger partial charge on any atom is 0.494 e. The van der Waals surface area contributed by atoms with Crippen molar-refractivity contribution < 1.29 is 9.31 Å². The summed E-state index contributed by atoms with van der Waals surface area (Å²) in [6.07, 6.45) is 2.19. The van der Waals surface area contributed by atoms with Crippen molar-refractivity contribution in [3.8, 4) is 11.1 Å². The molecule has 2 aromatic carbocycles. The molecule has 122 valence electrons. The highest BCUT2D eigenvalue weighted by molar-refractivity contribution is 6.62. The van der Waals surface area contributed by atoms with Gasteiger partial charge < -0.3 is 9.31 Å². The molecule has 0 saturated carbocycles. The summed E-state index contributed by atoms with van der Waals surface area (Å²) in [6, 6.07) is 13.5. The number of aryl methyl sites for hydroxylation is 2. The van der Waals surface area contributed by atoms with Gasteiger partial charge in [-0.2, -0.15) is 0 Å². The fourth-order valence-electron chi connectivity index (χ4n) is 3.67. The molecule has 0 N–H and O–H groups in total. The molecule has 1 aliphatic heterocycles. The average Bonchev–Trinajstić information content (AvgIpc) is 2.74. The van der Waals surface area contributed by atoms with Gasteiger partial charge in [-0.3, -0.25) is 0 Å². The van der Waals surface area contributed by atoms with Gasteiger partial charge in [0.25, 0.3) is 0 Å². The summed E-state index contributed by atoms with van der Waals surface area (Å²) in [4.78, 5) is 0. The summed E-state index contributed by atoms with van der Waals surface area (Å²) < 4.78 is 12.4. The van der Waals surface area contributed by atoms with E-state index in [0.717, 1.165) is 18.3 Å². The van der Waals surface area contributed by atoms with E-state index in [0.29, 0.717) is 0 Å². The van der Waals surface area contributed by atoms with Crippen molar-refractivity contribution in [3.05, 3.63) is 47.5 Å². The first kappa shape index (κ1) is 16.0. The van der Waals surface area contributed by atoms with E-state index in [2.05, 4.69) is 71.9 Å².